The van der Waals surface area contributed by atoms with Gasteiger partial charge >= 0.3 is 6.16 Å². The Hall–Kier alpha value is -1.49. The largest absolute Gasteiger partial charge is 0.410 e. The number of ether oxygens (including phenoxy) is 3. The number of aliphatic hydroxyl groups is 3. The molecule has 3 fully saturated rings. The van der Waals surface area contributed by atoms with Gasteiger partial charge in [0.2, 0.25) is 0 Å². The quantitative estimate of drug-likeness (QED) is 0.501. The molecule has 4 rings (SSSR count). The molecule has 0 amide bonds. The third-order valence-electron chi connectivity index (χ3n) is 8.99. The van der Waals surface area contributed by atoms with E-state index < -0.39 is 47.3 Å². The molecular formula is C24H33FO8. The van der Waals surface area contributed by atoms with E-state index in [1.54, 1.807) is 13.0 Å². The molecule has 0 spiro atoms. The number of methoxy groups -OCH3 is 2. The Labute approximate surface area is 192 Å². The molecule has 3 N–H and O–H groups in total. The molecule has 8 nitrogen and oxygen atoms in total. The van der Waals surface area contributed by atoms with Gasteiger partial charge in [-0.05, 0) is 55.2 Å². The maximum atomic E-state index is 15.4. The average Bonchev–Trinajstić information content (AvgIpc) is 3.04. The second kappa shape index (κ2) is 8.03. The number of rotatable bonds is 6. The topological polar surface area (TPSA) is 123 Å². The zero-order valence-electron chi connectivity index (χ0n) is 19.4. The number of ketones is 2. The Morgan fingerprint density at radius 3 is 2.61 bits per heavy atom. The molecule has 0 saturated heterocycles. The van der Waals surface area contributed by atoms with Gasteiger partial charge in [0.1, 0.15) is 18.4 Å². The molecule has 3 saturated carbocycles. The lowest BCUT2D eigenvalue weighted by Crippen LogP contribution is -2.63. The zero-order valence-corrected chi connectivity index (χ0v) is 19.4. The summed E-state index contributed by atoms with van der Waals surface area (Å²) in [6.07, 6.45) is 0.683. The maximum absolute atomic E-state index is 15.4. The highest BCUT2D eigenvalue weighted by Crippen LogP contribution is 2.67. The number of Topliss-reactive ketones (excluding diaryl/α,β-unsaturated/α-hetero) is 1. The van der Waals surface area contributed by atoms with E-state index in [-0.39, 0.29) is 42.8 Å². The van der Waals surface area contributed by atoms with Crippen molar-refractivity contribution in [1.29, 1.82) is 0 Å². The second-order valence-electron chi connectivity index (χ2n) is 10.3. The third kappa shape index (κ3) is 3.47. The molecule has 9 heteroatoms. The van der Waals surface area contributed by atoms with Crippen LogP contribution in [0.2, 0.25) is 0 Å². The van der Waals surface area contributed by atoms with Crippen LogP contribution < -0.4 is 0 Å². The molecule has 0 aromatic carbocycles. The molecule has 0 aromatic heterocycles. The van der Waals surface area contributed by atoms with Gasteiger partial charge in [0.25, 0.3) is 0 Å². The molecule has 8 atom stereocenters. The molecule has 4 aliphatic rings. The van der Waals surface area contributed by atoms with Gasteiger partial charge in [-0.2, -0.15) is 0 Å². The van der Waals surface area contributed by atoms with Crippen molar-refractivity contribution in [2.45, 2.75) is 63.6 Å². The fourth-order valence-corrected chi connectivity index (χ4v) is 7.28. The number of allylic oxidation sites excluding steroid dienone is 4. The summed E-state index contributed by atoms with van der Waals surface area (Å²) in [5, 5.41) is 32.9. The molecule has 0 aliphatic heterocycles. The van der Waals surface area contributed by atoms with Gasteiger partial charge in [-0.1, -0.05) is 19.9 Å². The molecular weight excluding hydrogens is 435 g/mol. The SMILES string of the molecule is COC(O)(OC)OCC(=O)[C@@]1(O)CC[C@H]2[C@@H]3C[C@H](F)C4=CC(=O)C=C[C@]4(C)[C@H]3C(O)C[C@@]21C. The van der Waals surface area contributed by atoms with Crippen LogP contribution in [0.1, 0.15) is 39.5 Å². The number of fused-ring (bicyclic) bond motifs is 5. The predicted molar refractivity (Wildman–Crippen MR) is 113 cm³/mol. The summed E-state index contributed by atoms with van der Waals surface area (Å²) in [4.78, 5) is 25.1. The summed E-state index contributed by atoms with van der Waals surface area (Å²) in [7, 11) is 2.28. The zero-order chi connectivity index (χ0) is 24.4. The lowest BCUT2D eigenvalue weighted by atomic mass is 9.46. The van der Waals surface area contributed by atoms with E-state index in [4.69, 9.17) is 14.2 Å². The highest BCUT2D eigenvalue weighted by molar-refractivity contribution is 6.01. The fraction of sp³-hybridized carbons (Fsp3) is 0.750. The van der Waals surface area contributed by atoms with Gasteiger partial charge in [0.15, 0.2) is 11.6 Å². The molecule has 33 heavy (non-hydrogen) atoms. The van der Waals surface area contributed by atoms with Crippen molar-refractivity contribution in [2.75, 3.05) is 20.8 Å². The molecule has 0 heterocycles. The normalized spacial score (nSPS) is 44.7. The van der Waals surface area contributed by atoms with Crippen molar-refractivity contribution in [3.05, 3.63) is 23.8 Å². The number of aliphatic hydroxyl groups excluding tert-OH is 1. The minimum Gasteiger partial charge on any atom is -0.393 e. The summed E-state index contributed by atoms with van der Waals surface area (Å²) < 4.78 is 29.8. The van der Waals surface area contributed by atoms with Gasteiger partial charge in [-0.25, -0.2) is 4.39 Å². The predicted octanol–water partition coefficient (Wildman–Crippen LogP) is 1.43. The highest BCUT2D eigenvalue weighted by atomic mass is 19.1. The van der Waals surface area contributed by atoms with Gasteiger partial charge in [0.05, 0.1) is 6.10 Å². The van der Waals surface area contributed by atoms with Gasteiger partial charge < -0.3 is 24.8 Å². The van der Waals surface area contributed by atoms with E-state index in [1.807, 2.05) is 6.92 Å². The summed E-state index contributed by atoms with van der Waals surface area (Å²) in [5.74, 6) is -1.75. The number of halogens is 1. The van der Waals surface area contributed by atoms with Crippen LogP contribution in [-0.4, -0.2) is 71.7 Å². The monoisotopic (exact) mass is 468 g/mol. The molecule has 184 valence electrons. The van der Waals surface area contributed by atoms with Crippen LogP contribution in [0.3, 0.4) is 0 Å². The van der Waals surface area contributed by atoms with E-state index in [0.29, 0.717) is 12.0 Å². The van der Waals surface area contributed by atoms with Crippen molar-refractivity contribution in [1.82, 2.24) is 0 Å². The number of carbonyl (C=O) groups is 2. The van der Waals surface area contributed by atoms with Crippen molar-refractivity contribution < 1.29 is 43.5 Å². The first-order valence-electron chi connectivity index (χ1n) is 11.3. The van der Waals surface area contributed by atoms with E-state index in [2.05, 4.69) is 0 Å². The Morgan fingerprint density at radius 2 is 1.97 bits per heavy atom. The average molecular weight is 469 g/mol. The van der Waals surface area contributed by atoms with E-state index in [0.717, 1.165) is 14.2 Å². The number of carbonyl (C=O) groups excluding carboxylic acids is 2. The van der Waals surface area contributed by atoms with E-state index >= 15 is 4.39 Å². The van der Waals surface area contributed by atoms with Crippen LogP contribution in [0.15, 0.2) is 23.8 Å². The molecule has 4 aliphatic carbocycles. The first-order chi connectivity index (χ1) is 15.3. The fourth-order valence-electron chi connectivity index (χ4n) is 7.28. The van der Waals surface area contributed by atoms with Crippen LogP contribution in [0.4, 0.5) is 4.39 Å². The minimum absolute atomic E-state index is 0.123. The van der Waals surface area contributed by atoms with E-state index in [1.165, 1.54) is 12.2 Å². The maximum Gasteiger partial charge on any atom is 0.410 e. The highest BCUT2D eigenvalue weighted by Gasteiger charge is 2.69. The number of hydrogen-bond donors (Lipinski definition) is 3. The Kier molecular flexibility index (Phi) is 6.00. The van der Waals surface area contributed by atoms with Gasteiger partial charge in [0, 0.05) is 31.0 Å². The first-order valence-corrected chi connectivity index (χ1v) is 11.3. The Morgan fingerprint density at radius 1 is 1.30 bits per heavy atom. The number of alkyl halides is 1. The van der Waals surface area contributed by atoms with Crippen molar-refractivity contribution in [2.24, 2.45) is 28.6 Å². The summed E-state index contributed by atoms with van der Waals surface area (Å²) in [5.41, 5.74) is -3.25. The van der Waals surface area contributed by atoms with Crippen molar-refractivity contribution in [3.8, 4) is 0 Å². The summed E-state index contributed by atoms with van der Waals surface area (Å²) in [6.45, 7) is 2.96. The van der Waals surface area contributed by atoms with Crippen LogP contribution >= 0.6 is 0 Å². The van der Waals surface area contributed by atoms with Crippen molar-refractivity contribution >= 4 is 11.6 Å². The molecule has 0 radical (unpaired) electrons. The first kappa shape index (κ1) is 24.6. The van der Waals surface area contributed by atoms with Crippen LogP contribution in [0.25, 0.3) is 0 Å². The van der Waals surface area contributed by atoms with Crippen LogP contribution in [-0.2, 0) is 23.8 Å². The van der Waals surface area contributed by atoms with Gasteiger partial charge in [-0.15, -0.1) is 0 Å². The summed E-state index contributed by atoms with van der Waals surface area (Å²) in [6, 6.07) is 0. The van der Waals surface area contributed by atoms with Crippen LogP contribution in [0.5, 0.6) is 0 Å². The smallest absolute Gasteiger partial charge is 0.393 e. The molecule has 0 aromatic rings. The Bertz CT molecular complexity index is 897. The third-order valence-corrected chi connectivity index (χ3v) is 8.99. The van der Waals surface area contributed by atoms with Gasteiger partial charge in [-0.3, -0.25) is 14.3 Å². The Balaban J connectivity index is 1.63. The molecule has 1 unspecified atom stereocenters. The standard InChI is InChI=1S/C24H33FO8/c1-21-7-5-13(26)9-16(21)17(25)10-14-15-6-8-23(29,22(15,2)11-18(27)20(14)21)19(28)12-33-24(30,31-3)32-4/h5,7,9,14-15,17-18,20,27,29-30H,6,8,10-12H2,1-4H3/t14-,15-,17-,18?,20+,21-,22-,23-/m0/s1. The number of hydrogen-bond acceptors (Lipinski definition) is 8. The molecule has 0 bridgehead atoms. The van der Waals surface area contributed by atoms with Crippen LogP contribution in [0, 0.1) is 28.6 Å². The minimum atomic E-state index is -2.42. The lowest BCUT2D eigenvalue weighted by Gasteiger charge is -2.60. The van der Waals surface area contributed by atoms with Crippen molar-refractivity contribution in [3.63, 3.8) is 0 Å². The lowest BCUT2D eigenvalue weighted by molar-refractivity contribution is -0.469. The summed E-state index contributed by atoms with van der Waals surface area (Å²) >= 11 is 0. The second-order valence-corrected chi connectivity index (χ2v) is 10.3. The van der Waals surface area contributed by atoms with E-state index in [9.17, 15) is 24.9 Å².